The number of aryl methyl sites for hydroxylation is 1. The van der Waals surface area contributed by atoms with E-state index in [1.54, 1.807) is 6.92 Å². The third kappa shape index (κ3) is 13.8. The number of nitrogens with zero attached hydrogens (tertiary/aromatic N) is 6. The van der Waals surface area contributed by atoms with Gasteiger partial charge in [0.1, 0.15) is 16.3 Å². The predicted molar refractivity (Wildman–Crippen MR) is 242 cm³/mol. The summed E-state index contributed by atoms with van der Waals surface area (Å²) in [6, 6.07) is 14.2. The lowest BCUT2D eigenvalue weighted by atomic mass is 10.0. The molecule has 0 aliphatic heterocycles. The van der Waals surface area contributed by atoms with Gasteiger partial charge in [0.05, 0.1) is 43.7 Å². The van der Waals surface area contributed by atoms with Gasteiger partial charge in [0, 0.05) is 13.1 Å². The fourth-order valence-corrected chi connectivity index (χ4v) is 9.92. The van der Waals surface area contributed by atoms with Gasteiger partial charge in [0.25, 0.3) is 10.1 Å². The lowest BCUT2D eigenvalue weighted by molar-refractivity contribution is 0.280. The number of aromatic hydroxyl groups is 1. The van der Waals surface area contributed by atoms with Crippen molar-refractivity contribution in [3.8, 4) is 5.75 Å². The minimum absolute atomic E-state index is 0.00722. The summed E-state index contributed by atoms with van der Waals surface area (Å²) in [5, 5.41) is 28.2. The normalized spacial score (nSPS) is 12.9. The first-order chi connectivity index (χ1) is 28.9. The number of unbranched alkanes of at least 4 members (excludes halogenated alkanes) is 4. The highest BCUT2D eigenvalue weighted by atomic mass is 32.2. The van der Waals surface area contributed by atoms with Crippen LogP contribution in [0.2, 0.25) is 0 Å². The molecule has 4 aromatic carbocycles. The molecule has 4 aromatic rings. The molecule has 61 heavy (non-hydrogen) atoms. The van der Waals surface area contributed by atoms with Crippen LogP contribution in [0.15, 0.2) is 95.8 Å². The van der Waals surface area contributed by atoms with E-state index in [-0.39, 0.29) is 49.1 Å². The maximum Gasteiger partial charge on any atom is 0.296 e. The topological polar surface area (TPSA) is 225 Å². The van der Waals surface area contributed by atoms with E-state index in [4.69, 9.17) is 5.73 Å². The minimum Gasteiger partial charge on any atom is -0.505 e. The van der Waals surface area contributed by atoms with Gasteiger partial charge in [0.2, 0.25) is 0 Å². The minimum atomic E-state index is -4.94. The highest BCUT2D eigenvalue weighted by Gasteiger charge is 2.25. The molecule has 0 aromatic heterocycles. The van der Waals surface area contributed by atoms with Gasteiger partial charge in [0.15, 0.2) is 25.4 Å². The first-order valence-corrected chi connectivity index (χ1v) is 25.7. The summed E-state index contributed by atoms with van der Waals surface area (Å²) in [6.45, 7) is 14.3. The number of hydrogen-bond acceptors (Lipinski definition) is 14. The van der Waals surface area contributed by atoms with E-state index in [2.05, 4.69) is 58.0 Å². The molecule has 4 rings (SSSR count). The van der Waals surface area contributed by atoms with Crippen LogP contribution in [-0.4, -0.2) is 95.5 Å². The molecule has 15 nitrogen and oxygen atoms in total. The number of azo groups is 2. The standard InChI is InChI=1S/C43H61N7O8S3/c1-6-10-22-49(23-11-7-2)26-28-59(52,53)36-18-14-34(15-19-36)45-47-41-32(5)30-33-31-38(61(56,57)58)42(43(51)39(33)40(41)44)48-46-35-16-20-37(21-17-35)60(54,55)29-27-50(24-12-8-3)25-13-9-4/h14-21,30-31,51H,6-13,22-29,44H2,1-5H3,(H,56,57,58). The van der Waals surface area contributed by atoms with Gasteiger partial charge in [-0.05, 0) is 130 Å². The molecule has 0 fully saturated rings. The number of nitrogens with two attached hydrogens (primary N) is 1. The average Bonchev–Trinajstić information content (AvgIpc) is 3.22. The molecular weight excluding hydrogens is 839 g/mol. The molecule has 0 aliphatic carbocycles. The zero-order chi connectivity index (χ0) is 44.8. The highest BCUT2D eigenvalue weighted by Crippen LogP contribution is 2.47. The van der Waals surface area contributed by atoms with Gasteiger partial charge in [-0.3, -0.25) is 4.55 Å². The second-order valence-electron chi connectivity index (χ2n) is 15.2. The maximum absolute atomic E-state index is 13.2. The number of phenolic OH excluding ortho intramolecular Hbond substituents is 1. The molecule has 0 amide bonds. The van der Waals surface area contributed by atoms with Crippen molar-refractivity contribution in [1.82, 2.24) is 9.80 Å². The summed E-state index contributed by atoms with van der Waals surface area (Å²) in [6.07, 6.45) is 8.08. The van der Waals surface area contributed by atoms with E-state index >= 15 is 0 Å². The lowest BCUT2D eigenvalue weighted by Gasteiger charge is -2.21. The van der Waals surface area contributed by atoms with Gasteiger partial charge >= 0.3 is 0 Å². The molecule has 0 atom stereocenters. The van der Waals surface area contributed by atoms with E-state index < -0.39 is 46.1 Å². The van der Waals surface area contributed by atoms with Crippen molar-refractivity contribution in [3.63, 3.8) is 0 Å². The summed E-state index contributed by atoms with van der Waals surface area (Å²) in [5.74, 6) is -0.761. The molecule has 0 heterocycles. The Bertz CT molecular complexity index is 2460. The molecule has 4 N–H and O–H groups in total. The van der Waals surface area contributed by atoms with Crippen molar-refractivity contribution in [3.05, 3.63) is 66.2 Å². The summed E-state index contributed by atoms with van der Waals surface area (Å²) in [4.78, 5) is 3.91. The van der Waals surface area contributed by atoms with Crippen LogP contribution < -0.4 is 5.73 Å². The van der Waals surface area contributed by atoms with Crippen LogP contribution in [0.25, 0.3) is 10.8 Å². The number of rotatable bonds is 25. The Morgan fingerprint density at radius 3 is 1.34 bits per heavy atom. The largest absolute Gasteiger partial charge is 0.505 e. The van der Waals surface area contributed by atoms with Gasteiger partial charge in [-0.25, -0.2) is 16.8 Å². The van der Waals surface area contributed by atoms with Gasteiger partial charge in [-0.15, -0.1) is 10.2 Å². The molecule has 0 unspecified atom stereocenters. The number of benzene rings is 4. The van der Waals surface area contributed by atoms with Crippen molar-refractivity contribution in [2.75, 3.05) is 56.5 Å². The van der Waals surface area contributed by atoms with E-state index in [1.165, 1.54) is 54.6 Å². The van der Waals surface area contributed by atoms with Crippen LogP contribution in [-0.2, 0) is 29.8 Å². The van der Waals surface area contributed by atoms with Crippen LogP contribution in [0.1, 0.15) is 84.6 Å². The average molecular weight is 900 g/mol. The molecule has 18 heteroatoms. The predicted octanol–water partition coefficient (Wildman–Crippen LogP) is 9.87. The van der Waals surface area contributed by atoms with E-state index in [9.17, 15) is 34.9 Å². The van der Waals surface area contributed by atoms with E-state index in [0.29, 0.717) is 24.3 Å². The van der Waals surface area contributed by atoms with Crippen LogP contribution in [0.4, 0.5) is 28.4 Å². The molecule has 0 saturated carbocycles. The molecule has 0 bridgehead atoms. The molecule has 0 aliphatic rings. The first kappa shape index (κ1) is 49.3. The van der Waals surface area contributed by atoms with Crippen LogP contribution in [0.3, 0.4) is 0 Å². The third-order valence-corrected chi connectivity index (χ3v) is 14.7. The first-order valence-electron chi connectivity index (χ1n) is 21.0. The Morgan fingerprint density at radius 2 is 0.967 bits per heavy atom. The summed E-state index contributed by atoms with van der Waals surface area (Å²) < 4.78 is 88.0. The Morgan fingerprint density at radius 1 is 0.574 bits per heavy atom. The van der Waals surface area contributed by atoms with Crippen molar-refractivity contribution in [1.29, 1.82) is 0 Å². The number of anilines is 1. The van der Waals surface area contributed by atoms with Crippen LogP contribution in [0.5, 0.6) is 5.75 Å². The number of sulfone groups is 2. The van der Waals surface area contributed by atoms with Crippen LogP contribution >= 0.6 is 0 Å². The molecule has 334 valence electrons. The van der Waals surface area contributed by atoms with Gasteiger partial charge in [-0.2, -0.15) is 18.6 Å². The number of fused-ring (bicyclic) bond motifs is 1. The fraction of sp³-hybridized carbons (Fsp3) is 0.488. The van der Waals surface area contributed by atoms with Crippen LogP contribution in [0, 0.1) is 6.92 Å². The molecule has 0 saturated heterocycles. The zero-order valence-electron chi connectivity index (χ0n) is 35.9. The van der Waals surface area contributed by atoms with Gasteiger partial charge < -0.3 is 20.6 Å². The summed E-state index contributed by atoms with van der Waals surface area (Å²) in [5.41, 5.74) is 6.96. The summed E-state index contributed by atoms with van der Waals surface area (Å²) in [7, 11) is -12.1. The Hall–Kier alpha value is -4.33. The van der Waals surface area contributed by atoms with Crippen molar-refractivity contribution >= 4 is 69.0 Å². The molecule has 0 spiro atoms. The Balaban J connectivity index is 1.58. The second-order valence-corrected chi connectivity index (χ2v) is 20.8. The molecular formula is C43H61N7O8S3. The number of hydrogen-bond donors (Lipinski definition) is 3. The Kier molecular flexibility index (Phi) is 18.3. The molecule has 0 radical (unpaired) electrons. The maximum atomic E-state index is 13.2. The third-order valence-electron chi connectivity index (χ3n) is 10.4. The SMILES string of the molecule is CCCCN(CCCC)CCS(=O)(=O)c1ccc(N=Nc2c(C)cc3cc(S(=O)(=O)O)c(N=Nc4ccc(S(=O)(=O)CCN(CCCC)CCCC)cc4)c(O)c3c2N)cc1. The second kappa shape index (κ2) is 22.7. The Labute approximate surface area is 361 Å². The van der Waals surface area contributed by atoms with Crippen molar-refractivity contribution < 1.29 is 34.9 Å². The number of phenols is 1. The summed E-state index contributed by atoms with van der Waals surface area (Å²) >= 11 is 0. The lowest BCUT2D eigenvalue weighted by Crippen LogP contribution is -2.31. The zero-order valence-corrected chi connectivity index (χ0v) is 38.4. The fourth-order valence-electron chi connectivity index (χ4n) is 6.70. The monoisotopic (exact) mass is 899 g/mol. The smallest absolute Gasteiger partial charge is 0.296 e. The quantitative estimate of drug-likeness (QED) is 0.0322. The van der Waals surface area contributed by atoms with Crippen molar-refractivity contribution in [2.24, 2.45) is 20.5 Å². The van der Waals surface area contributed by atoms with E-state index in [1.807, 2.05) is 0 Å². The van der Waals surface area contributed by atoms with E-state index in [0.717, 1.165) is 83.6 Å². The number of nitrogen functional groups attached to an aromatic ring is 1. The highest BCUT2D eigenvalue weighted by molar-refractivity contribution is 7.91. The van der Waals surface area contributed by atoms with Gasteiger partial charge in [-0.1, -0.05) is 53.4 Å². The van der Waals surface area contributed by atoms with Crippen molar-refractivity contribution in [2.45, 2.75) is 101 Å².